The van der Waals surface area contributed by atoms with Gasteiger partial charge < -0.3 is 19.7 Å². The quantitative estimate of drug-likeness (QED) is 0.273. The van der Waals surface area contributed by atoms with E-state index in [1.165, 1.54) is 7.11 Å². The molecule has 0 aromatic heterocycles. The molecule has 204 valence electrons. The number of nitrogens with zero attached hydrogens (tertiary/aromatic N) is 1. The lowest BCUT2D eigenvalue weighted by atomic mass is 9.98. The molecule has 0 saturated carbocycles. The molecule has 4 aromatic rings. The van der Waals surface area contributed by atoms with Crippen molar-refractivity contribution < 1.29 is 19.1 Å². The predicted molar refractivity (Wildman–Crippen MR) is 159 cm³/mol. The Hall–Kier alpha value is -4.23. The number of rotatable bonds is 9. The average Bonchev–Trinajstić information content (AvgIpc) is 3.47. The minimum Gasteiger partial charge on any atom is -0.493 e. The zero-order valence-electron chi connectivity index (χ0n) is 22.5. The molecule has 1 fully saturated rings. The van der Waals surface area contributed by atoms with Crippen molar-refractivity contribution in [3.8, 4) is 11.5 Å². The molecule has 40 heavy (non-hydrogen) atoms. The van der Waals surface area contributed by atoms with Gasteiger partial charge in [0.2, 0.25) is 5.91 Å². The summed E-state index contributed by atoms with van der Waals surface area (Å²) in [4.78, 5) is 29.8. The minimum atomic E-state index is -0.655. The SMILES string of the molecule is COc1ccc(C(=O)N2C(C(=O)NC(Cc3ccccc3)c3ccccc3)CSC2c2ccccc2)cc1OC. The van der Waals surface area contributed by atoms with Crippen LogP contribution in [0.1, 0.15) is 38.5 Å². The molecule has 3 unspecified atom stereocenters. The van der Waals surface area contributed by atoms with E-state index in [0.717, 1.165) is 16.7 Å². The number of methoxy groups -OCH3 is 2. The number of amides is 2. The number of thioether (sulfide) groups is 1. The maximum Gasteiger partial charge on any atom is 0.255 e. The van der Waals surface area contributed by atoms with Crippen molar-refractivity contribution in [2.75, 3.05) is 20.0 Å². The van der Waals surface area contributed by atoms with Gasteiger partial charge in [0.15, 0.2) is 11.5 Å². The van der Waals surface area contributed by atoms with Crippen LogP contribution in [0.4, 0.5) is 0 Å². The van der Waals surface area contributed by atoms with Gasteiger partial charge in [-0.3, -0.25) is 9.59 Å². The van der Waals surface area contributed by atoms with E-state index in [0.29, 0.717) is 29.2 Å². The van der Waals surface area contributed by atoms with Crippen LogP contribution in [0, 0.1) is 0 Å². The maximum absolute atomic E-state index is 14.1. The van der Waals surface area contributed by atoms with Crippen molar-refractivity contribution in [1.29, 1.82) is 0 Å². The van der Waals surface area contributed by atoms with Gasteiger partial charge in [-0.15, -0.1) is 11.8 Å². The van der Waals surface area contributed by atoms with Crippen molar-refractivity contribution in [3.05, 3.63) is 131 Å². The van der Waals surface area contributed by atoms with E-state index in [9.17, 15) is 9.59 Å². The molecule has 1 N–H and O–H groups in total. The van der Waals surface area contributed by atoms with Gasteiger partial charge in [-0.25, -0.2) is 0 Å². The molecule has 1 aliphatic heterocycles. The molecule has 5 rings (SSSR count). The van der Waals surface area contributed by atoms with Crippen molar-refractivity contribution in [2.45, 2.75) is 23.9 Å². The zero-order valence-corrected chi connectivity index (χ0v) is 23.3. The largest absolute Gasteiger partial charge is 0.493 e. The third-order valence-corrected chi connectivity index (χ3v) is 8.38. The van der Waals surface area contributed by atoms with E-state index < -0.39 is 6.04 Å². The Morgan fingerprint density at radius 3 is 2.12 bits per heavy atom. The summed E-state index contributed by atoms with van der Waals surface area (Å²) in [6, 6.07) is 34.1. The fourth-order valence-electron chi connectivity index (χ4n) is 5.00. The Balaban J connectivity index is 1.46. The normalized spacial score (nSPS) is 17.2. The molecule has 7 heteroatoms. The van der Waals surface area contributed by atoms with Gasteiger partial charge >= 0.3 is 0 Å². The first kappa shape index (κ1) is 27.3. The highest BCUT2D eigenvalue weighted by Crippen LogP contribution is 2.43. The molecule has 0 spiro atoms. The van der Waals surface area contributed by atoms with Crippen molar-refractivity contribution in [1.82, 2.24) is 10.2 Å². The number of ether oxygens (including phenoxy) is 2. The van der Waals surface area contributed by atoms with Gasteiger partial charge in [0.25, 0.3) is 5.91 Å². The molecule has 4 aromatic carbocycles. The molecule has 6 nitrogen and oxygen atoms in total. The molecule has 0 bridgehead atoms. The van der Waals surface area contributed by atoms with E-state index in [-0.39, 0.29) is 23.2 Å². The number of hydrogen-bond donors (Lipinski definition) is 1. The molecular formula is C33H32N2O4S. The number of carbonyl (C=O) groups excluding carboxylic acids is 2. The first-order valence-corrected chi connectivity index (χ1v) is 14.2. The third kappa shape index (κ3) is 6.00. The Morgan fingerprint density at radius 1 is 0.850 bits per heavy atom. The van der Waals surface area contributed by atoms with Crippen LogP contribution in [0.3, 0.4) is 0 Å². The second-order valence-corrected chi connectivity index (χ2v) is 10.7. The molecule has 1 aliphatic rings. The Labute approximate surface area is 239 Å². The van der Waals surface area contributed by atoms with Crippen molar-refractivity contribution in [2.24, 2.45) is 0 Å². The molecule has 2 amide bonds. The lowest BCUT2D eigenvalue weighted by Crippen LogP contribution is -2.49. The van der Waals surface area contributed by atoms with E-state index in [1.54, 1.807) is 42.0 Å². The zero-order chi connectivity index (χ0) is 27.9. The lowest BCUT2D eigenvalue weighted by Gasteiger charge is -2.30. The smallest absolute Gasteiger partial charge is 0.255 e. The first-order valence-electron chi connectivity index (χ1n) is 13.2. The second kappa shape index (κ2) is 12.7. The predicted octanol–water partition coefficient (Wildman–Crippen LogP) is 6.06. The Morgan fingerprint density at radius 2 is 1.48 bits per heavy atom. The third-order valence-electron chi connectivity index (χ3n) is 7.05. The van der Waals surface area contributed by atoms with Crippen LogP contribution in [0.15, 0.2) is 109 Å². The standard InChI is InChI=1S/C33H32N2O4S/c1-38-29-19-18-26(21-30(29)39-2)32(37)35-28(22-40-33(35)25-16-10-5-11-17-25)31(36)34-27(24-14-8-4-9-15-24)20-23-12-6-3-7-13-23/h3-19,21,27-28,33H,20,22H2,1-2H3,(H,34,36). The summed E-state index contributed by atoms with van der Waals surface area (Å²) in [7, 11) is 3.10. The van der Waals surface area contributed by atoms with E-state index >= 15 is 0 Å². The van der Waals surface area contributed by atoms with Gasteiger partial charge in [0, 0.05) is 11.3 Å². The number of hydrogen-bond acceptors (Lipinski definition) is 5. The van der Waals surface area contributed by atoms with Gasteiger partial charge in [-0.1, -0.05) is 91.0 Å². The maximum atomic E-state index is 14.1. The summed E-state index contributed by atoms with van der Waals surface area (Å²) in [5.41, 5.74) is 3.55. The second-order valence-electron chi connectivity index (χ2n) is 9.56. The van der Waals surface area contributed by atoms with E-state index in [2.05, 4.69) is 17.4 Å². The van der Waals surface area contributed by atoms with Crippen LogP contribution in [-0.4, -0.2) is 42.7 Å². The first-order chi connectivity index (χ1) is 19.6. The monoisotopic (exact) mass is 552 g/mol. The van der Waals surface area contributed by atoms with Gasteiger partial charge in [0.1, 0.15) is 11.4 Å². The van der Waals surface area contributed by atoms with Crippen molar-refractivity contribution >= 4 is 23.6 Å². The number of nitrogens with one attached hydrogen (secondary N) is 1. The van der Waals surface area contributed by atoms with Crippen LogP contribution in [0.25, 0.3) is 0 Å². The number of carbonyl (C=O) groups is 2. The minimum absolute atomic E-state index is 0.176. The summed E-state index contributed by atoms with van der Waals surface area (Å²) < 4.78 is 10.8. The summed E-state index contributed by atoms with van der Waals surface area (Å²) >= 11 is 1.60. The summed E-state index contributed by atoms with van der Waals surface area (Å²) in [6.45, 7) is 0. The fraction of sp³-hybridized carbons (Fsp3) is 0.212. The fourth-order valence-corrected chi connectivity index (χ4v) is 6.43. The van der Waals surface area contributed by atoms with Crippen molar-refractivity contribution in [3.63, 3.8) is 0 Å². The summed E-state index contributed by atoms with van der Waals surface area (Å²) in [5.74, 6) is 1.07. The summed E-state index contributed by atoms with van der Waals surface area (Å²) in [6.07, 6.45) is 0.641. The van der Waals surface area contributed by atoms with Gasteiger partial charge in [0.05, 0.1) is 20.3 Å². The van der Waals surface area contributed by atoms with Crippen LogP contribution < -0.4 is 14.8 Å². The molecule has 1 heterocycles. The topological polar surface area (TPSA) is 67.9 Å². The molecule has 0 aliphatic carbocycles. The van der Waals surface area contributed by atoms with Crippen LogP contribution in [0.2, 0.25) is 0 Å². The van der Waals surface area contributed by atoms with E-state index in [4.69, 9.17) is 9.47 Å². The van der Waals surface area contributed by atoms with Crippen LogP contribution in [0.5, 0.6) is 11.5 Å². The van der Waals surface area contributed by atoms with Crippen LogP contribution in [-0.2, 0) is 11.2 Å². The number of benzene rings is 4. The molecular weight excluding hydrogens is 520 g/mol. The molecule has 3 atom stereocenters. The van der Waals surface area contributed by atoms with Gasteiger partial charge in [-0.2, -0.15) is 0 Å². The lowest BCUT2D eigenvalue weighted by molar-refractivity contribution is -0.125. The highest BCUT2D eigenvalue weighted by molar-refractivity contribution is 7.99. The molecule has 0 radical (unpaired) electrons. The summed E-state index contributed by atoms with van der Waals surface area (Å²) in [5, 5.41) is 2.98. The highest BCUT2D eigenvalue weighted by Gasteiger charge is 2.43. The van der Waals surface area contributed by atoms with E-state index in [1.807, 2.05) is 78.9 Å². The van der Waals surface area contributed by atoms with Gasteiger partial charge in [-0.05, 0) is 41.3 Å². The molecule has 1 saturated heterocycles. The van der Waals surface area contributed by atoms with Crippen LogP contribution >= 0.6 is 11.8 Å². The Bertz CT molecular complexity index is 1430. The highest BCUT2D eigenvalue weighted by atomic mass is 32.2. The average molecular weight is 553 g/mol. The Kier molecular flexibility index (Phi) is 8.71.